The molecule has 5 amide bonds. The standard InChI is InChI=1S/C53H80N6O11S2/c1-8-42-53(51(5)24-14-12-10-9-11-13-15-25-51)52(6,46(72-53)45(71-42)49(63)64)59-38-22-23-40(41(33-38)66-7)70-32-31-68-28-27-67-29-30-69-34-43(60)58-44(35(2)3)48(62)57-39(17-16-26-55-50(54)65)47(61)56-37-20-18-36(4)19-21-37/h18-23,33,35,39,42,44,59H,8-17,24-32,34H2,1-7H3,(H,56,61)(H,57,62)(H,58,60)(H,63,64)(H3,54,55,65)/t39-,42?,44?,52?,53?/m0/s1. The van der Waals surface area contributed by atoms with Crippen LogP contribution >= 0.6 is 23.5 Å². The van der Waals surface area contributed by atoms with Crippen molar-refractivity contribution in [2.75, 3.05) is 70.5 Å². The third kappa shape index (κ3) is 15.2. The van der Waals surface area contributed by atoms with E-state index < -0.39 is 47.3 Å². The largest absolute Gasteiger partial charge is 0.493 e. The van der Waals surface area contributed by atoms with Gasteiger partial charge in [-0.25, -0.2) is 9.59 Å². The summed E-state index contributed by atoms with van der Waals surface area (Å²) in [5.41, 5.74) is 7.04. The fourth-order valence-corrected chi connectivity index (χ4v) is 14.2. The molecule has 2 fully saturated rings. The second-order valence-corrected chi connectivity index (χ2v) is 22.2. The van der Waals surface area contributed by atoms with Gasteiger partial charge in [0.1, 0.15) is 30.2 Å². The Hall–Kier alpha value is -4.69. The lowest BCUT2D eigenvalue weighted by molar-refractivity contribution is -0.134. The van der Waals surface area contributed by atoms with Crippen LogP contribution in [0.2, 0.25) is 0 Å². The number of primary amides is 1. The van der Waals surface area contributed by atoms with Crippen molar-refractivity contribution in [3.63, 3.8) is 0 Å². The smallest absolute Gasteiger partial charge is 0.343 e. The van der Waals surface area contributed by atoms with Crippen LogP contribution < -0.4 is 41.8 Å². The predicted octanol–water partition coefficient (Wildman–Crippen LogP) is 8.15. The second-order valence-electron chi connectivity index (χ2n) is 19.7. The zero-order valence-corrected chi connectivity index (χ0v) is 45.0. The molecule has 4 unspecified atom stereocenters. The minimum Gasteiger partial charge on any atom is -0.493 e. The maximum absolute atomic E-state index is 13.4. The number of hydrogen-bond acceptors (Lipinski definition) is 13. The number of nitrogens with two attached hydrogens (primary N) is 1. The lowest BCUT2D eigenvalue weighted by atomic mass is 9.58. The van der Waals surface area contributed by atoms with Crippen LogP contribution in [-0.2, 0) is 33.4 Å². The summed E-state index contributed by atoms with van der Waals surface area (Å²) in [6.07, 6.45) is 12.4. The number of carboxylic acids is 1. The molecule has 1 saturated carbocycles. The van der Waals surface area contributed by atoms with Crippen molar-refractivity contribution in [1.82, 2.24) is 16.0 Å². The van der Waals surface area contributed by atoms with E-state index in [0.29, 0.717) is 48.3 Å². The molecule has 2 aromatic carbocycles. The van der Waals surface area contributed by atoms with Gasteiger partial charge < -0.3 is 61.1 Å². The lowest BCUT2D eigenvalue weighted by Crippen LogP contribution is -2.76. The number of aliphatic carboxylic acids is 1. The Labute approximate surface area is 434 Å². The fourth-order valence-electron chi connectivity index (χ4n) is 10.3. The zero-order valence-electron chi connectivity index (χ0n) is 43.4. The number of ether oxygens (including phenoxy) is 5. The van der Waals surface area contributed by atoms with E-state index in [9.17, 15) is 29.1 Å². The van der Waals surface area contributed by atoms with E-state index in [4.69, 9.17) is 29.4 Å². The first-order chi connectivity index (χ1) is 34.5. The minimum atomic E-state index is -0.946. The number of urea groups is 1. The summed E-state index contributed by atoms with van der Waals surface area (Å²) < 4.78 is 28.6. The second kappa shape index (κ2) is 28.1. The van der Waals surface area contributed by atoms with Gasteiger partial charge >= 0.3 is 12.0 Å². The number of fused-ring (bicyclic) bond motifs is 2. The van der Waals surface area contributed by atoms with E-state index in [1.54, 1.807) is 44.9 Å². The lowest BCUT2D eigenvalue weighted by Gasteiger charge is -2.71. The van der Waals surface area contributed by atoms with Gasteiger partial charge in [0.25, 0.3) is 0 Å². The molecule has 3 aliphatic heterocycles. The number of aryl methyl sites for hydroxylation is 1. The summed E-state index contributed by atoms with van der Waals surface area (Å²) >= 11 is 3.39. The molecule has 19 heteroatoms. The van der Waals surface area contributed by atoms with Crippen molar-refractivity contribution in [3.05, 3.63) is 57.8 Å². The molecule has 17 nitrogen and oxygen atoms in total. The molecule has 4 aliphatic rings. The maximum Gasteiger partial charge on any atom is 0.343 e. The molecular formula is C53H80N6O11S2. The van der Waals surface area contributed by atoms with Gasteiger partial charge in [-0.15, -0.1) is 23.5 Å². The van der Waals surface area contributed by atoms with Crippen LogP contribution in [0.5, 0.6) is 11.5 Å². The van der Waals surface area contributed by atoms with Crippen molar-refractivity contribution in [2.24, 2.45) is 17.1 Å². The Kier molecular flexibility index (Phi) is 22.7. The molecule has 3 heterocycles. The molecule has 8 N–H and O–H groups in total. The molecule has 1 aliphatic carbocycles. The average Bonchev–Trinajstić information content (AvgIpc) is 3.35. The highest BCUT2D eigenvalue weighted by atomic mass is 32.2. The normalized spacial score (nSPS) is 21.6. The fraction of sp³-hybridized carbons (Fsp3) is 0.642. The van der Waals surface area contributed by atoms with Crippen LogP contribution in [0.25, 0.3) is 0 Å². The summed E-state index contributed by atoms with van der Waals surface area (Å²) in [6, 6.07) is 10.5. The number of anilines is 2. The molecular weight excluding hydrogens is 961 g/mol. The van der Waals surface area contributed by atoms with E-state index in [1.807, 2.05) is 49.0 Å². The Morgan fingerprint density at radius 3 is 2.01 bits per heavy atom. The third-order valence-electron chi connectivity index (χ3n) is 14.0. The van der Waals surface area contributed by atoms with E-state index in [2.05, 4.69) is 47.4 Å². The van der Waals surface area contributed by atoms with E-state index in [0.717, 1.165) is 35.4 Å². The molecule has 2 aromatic rings. The van der Waals surface area contributed by atoms with E-state index >= 15 is 0 Å². The Bertz CT molecular complexity index is 2150. The summed E-state index contributed by atoms with van der Waals surface area (Å²) in [5.74, 6) is -1.51. The summed E-state index contributed by atoms with van der Waals surface area (Å²) in [5, 5.41) is 25.2. The van der Waals surface area contributed by atoms with Gasteiger partial charge in [-0.3, -0.25) is 14.4 Å². The number of hydrogen-bond donors (Lipinski definition) is 7. The topological polar surface area (TPSA) is 238 Å². The van der Waals surface area contributed by atoms with Crippen molar-refractivity contribution in [3.8, 4) is 11.5 Å². The van der Waals surface area contributed by atoms with Gasteiger partial charge in [0.15, 0.2) is 11.5 Å². The highest BCUT2D eigenvalue weighted by Gasteiger charge is 2.74. The Balaban J connectivity index is 1.03. The molecule has 0 radical (unpaired) electrons. The first-order valence-corrected chi connectivity index (χ1v) is 27.3. The van der Waals surface area contributed by atoms with Crippen LogP contribution in [0.1, 0.15) is 117 Å². The number of carboxylic acid groups (broad SMARTS) is 1. The quantitative estimate of drug-likeness (QED) is 0.0399. The maximum atomic E-state index is 13.4. The van der Waals surface area contributed by atoms with Crippen LogP contribution in [0, 0.1) is 18.3 Å². The molecule has 72 heavy (non-hydrogen) atoms. The molecule has 5 atom stereocenters. The summed E-state index contributed by atoms with van der Waals surface area (Å²) in [4.78, 5) is 64.7. The number of thioether (sulfide) groups is 2. The number of carbonyl (C=O) groups is 5. The monoisotopic (exact) mass is 1040 g/mol. The van der Waals surface area contributed by atoms with E-state index in [-0.39, 0.29) is 60.7 Å². The van der Waals surface area contributed by atoms with Crippen molar-refractivity contribution in [1.29, 1.82) is 0 Å². The summed E-state index contributed by atoms with van der Waals surface area (Å²) in [6.45, 7) is 13.8. The number of benzene rings is 2. The van der Waals surface area contributed by atoms with Gasteiger partial charge in [-0.1, -0.05) is 90.3 Å². The van der Waals surface area contributed by atoms with Gasteiger partial charge in [0.2, 0.25) is 17.7 Å². The first-order valence-electron chi connectivity index (χ1n) is 25.6. The van der Waals surface area contributed by atoms with Crippen LogP contribution in [0.3, 0.4) is 0 Å². The zero-order chi connectivity index (χ0) is 52.3. The van der Waals surface area contributed by atoms with Gasteiger partial charge in [-0.05, 0) is 81.5 Å². The SMILES string of the molecule is CCC1SC(C(=O)O)=C2SC1(C1(C)CCCCCCCCC1)C2(C)Nc1ccc(OCCOCCOCCOCC(=O)NC(C(=O)N[C@@H](CCCNC(N)=O)C(=O)Nc2ccc(C)cc2)C(C)C)c(OC)c1. The van der Waals surface area contributed by atoms with Gasteiger partial charge in [0.05, 0.1) is 50.4 Å². The highest BCUT2D eigenvalue weighted by molar-refractivity contribution is 8.13. The van der Waals surface area contributed by atoms with E-state index in [1.165, 1.54) is 44.9 Å². The number of methoxy groups -OCH3 is 1. The Morgan fingerprint density at radius 1 is 0.806 bits per heavy atom. The van der Waals surface area contributed by atoms with Crippen LogP contribution in [0.4, 0.5) is 16.2 Å². The molecule has 400 valence electrons. The first kappa shape index (κ1) is 58.2. The predicted molar refractivity (Wildman–Crippen MR) is 285 cm³/mol. The van der Waals surface area contributed by atoms with Crippen molar-refractivity contribution >= 4 is 64.6 Å². The molecule has 6 rings (SSSR count). The van der Waals surface area contributed by atoms with Crippen LogP contribution in [-0.4, -0.2) is 122 Å². The number of amides is 5. The van der Waals surface area contributed by atoms with Gasteiger partial charge in [-0.2, -0.15) is 0 Å². The Morgan fingerprint density at radius 2 is 1.42 bits per heavy atom. The molecule has 1 saturated heterocycles. The van der Waals surface area contributed by atoms with Gasteiger partial charge in [0, 0.05) is 34.1 Å². The third-order valence-corrected chi connectivity index (χ3v) is 18.2. The molecule has 2 bridgehead atoms. The number of carbonyl (C=O) groups excluding carboxylic acids is 4. The average molecular weight is 1040 g/mol. The number of rotatable bonds is 28. The number of nitrogens with one attached hydrogen (secondary N) is 5. The minimum absolute atomic E-state index is 0.0106. The highest BCUT2D eigenvalue weighted by Crippen LogP contribution is 2.76. The molecule has 0 aromatic heterocycles. The van der Waals surface area contributed by atoms with Crippen molar-refractivity contribution in [2.45, 2.75) is 146 Å². The van der Waals surface area contributed by atoms with Crippen LogP contribution in [0.15, 0.2) is 52.3 Å². The summed E-state index contributed by atoms with van der Waals surface area (Å²) in [7, 11) is 1.61. The molecule has 0 spiro atoms. The van der Waals surface area contributed by atoms with Crippen molar-refractivity contribution < 1.29 is 52.8 Å².